The molecule has 0 aromatic heterocycles. The number of allylic oxidation sites excluding steroid dienone is 1. The maximum Gasteiger partial charge on any atom is 0 e. The van der Waals surface area contributed by atoms with Crippen LogP contribution in [0.15, 0.2) is 12.7 Å². The first-order chi connectivity index (χ1) is 2.27. The predicted molar refractivity (Wildman–Crippen MR) is 21.0 cm³/mol. The Balaban J connectivity index is -0.0000000267. The van der Waals surface area contributed by atoms with E-state index in [2.05, 4.69) is 6.58 Å². The van der Waals surface area contributed by atoms with Crippen molar-refractivity contribution < 1.29 is 59.6 Å². The van der Waals surface area contributed by atoms with E-state index in [-0.39, 0.29) is 64.0 Å². The molecule has 0 saturated heterocycles. The minimum atomic E-state index is 0. The molecule has 0 aromatic rings. The second kappa shape index (κ2) is 16.0. The molecule has 0 bridgehead atoms. The van der Waals surface area contributed by atoms with Crippen LogP contribution < -0.4 is 0 Å². The Labute approximate surface area is 98.5 Å². The van der Waals surface area contributed by atoms with Crippen molar-refractivity contribution >= 4 is 27.4 Å². The first kappa shape index (κ1) is 22.5. The van der Waals surface area contributed by atoms with E-state index in [0.29, 0.717) is 18.3 Å². The normalized spacial score (nSPS) is 4.25. The Bertz CT molecular complexity index is 68.3. The van der Waals surface area contributed by atoms with E-state index >= 15 is 0 Å². The Hall–Kier alpha value is 1.94. The molecule has 0 fully saturated rings. The third-order valence-corrected chi connectivity index (χ3v) is 0.833. The fourth-order valence-electron chi connectivity index (χ4n) is 0. The monoisotopic (exact) mass is 262 g/mol. The molecule has 5 heteroatoms. The van der Waals surface area contributed by atoms with Crippen molar-refractivity contribution in [1.82, 2.24) is 0 Å². The van der Waals surface area contributed by atoms with Crippen LogP contribution in [0.4, 0.5) is 0 Å². The van der Waals surface area contributed by atoms with Crippen LogP contribution in [-0.2, 0) is 59.6 Å². The smallest absolute Gasteiger partial charge is 0 e. The standard InChI is InChI=1S/C3H3O.Mg.Mn.2Zn/c1-2-3-4;;;;/h2H,1H2;;;;. The number of hydrogen-bond donors (Lipinski definition) is 0. The molecule has 0 heterocycles. The minimum absolute atomic E-state index is 0. The molecule has 3 radical (unpaired) electrons. The quantitative estimate of drug-likeness (QED) is 0.476. The molecule has 0 aliphatic heterocycles. The third-order valence-electron chi connectivity index (χ3n) is 0.228. The summed E-state index contributed by atoms with van der Waals surface area (Å²) in [6.07, 6.45) is 1.33. The van der Waals surface area contributed by atoms with Gasteiger partial charge in [0.05, 0.1) is 0 Å². The molecular weight excluding hydrogens is 262 g/mol. The fraction of sp³-hybridized carbons (Fsp3) is 0. The minimum Gasteiger partial charge on any atom is 0 e. The van der Waals surface area contributed by atoms with Crippen LogP contribution in [0.2, 0.25) is 0 Å². The van der Waals surface area contributed by atoms with Gasteiger partial charge in [0.25, 0.3) is 0 Å². The van der Waals surface area contributed by atoms with Gasteiger partial charge < -0.3 is 0 Å². The van der Waals surface area contributed by atoms with E-state index in [9.17, 15) is 4.79 Å². The Morgan fingerprint density at radius 2 is 1.75 bits per heavy atom. The van der Waals surface area contributed by atoms with Gasteiger partial charge in [-0.3, -0.25) is 0 Å². The van der Waals surface area contributed by atoms with Crippen LogP contribution >= 0.6 is 0 Å². The zero-order chi connectivity index (χ0) is 4.28. The van der Waals surface area contributed by atoms with E-state index < -0.39 is 0 Å². The van der Waals surface area contributed by atoms with E-state index in [1.54, 1.807) is 0 Å². The Kier molecular flexibility index (Phi) is 45.0. The molecule has 0 aliphatic rings. The molecule has 0 amide bonds. The van der Waals surface area contributed by atoms with Crippen LogP contribution in [0.1, 0.15) is 0 Å². The molecule has 8 heavy (non-hydrogen) atoms. The third kappa shape index (κ3) is 24.6. The van der Waals surface area contributed by atoms with Crippen LogP contribution in [0.5, 0.6) is 0 Å². The average molecular weight is 265 g/mol. The predicted octanol–water partition coefficient (Wildman–Crippen LogP) is -0.140. The number of carbonyl (C=O) groups is 1. The van der Waals surface area contributed by atoms with E-state index in [0.717, 1.165) is 0 Å². The van der Waals surface area contributed by atoms with Crippen LogP contribution in [0.3, 0.4) is 0 Å². The van der Waals surface area contributed by atoms with Crippen molar-refractivity contribution in [3.8, 4) is 0 Å². The van der Waals surface area contributed by atoms with Crippen LogP contribution in [0, 0.1) is 0 Å². The van der Waals surface area contributed by atoms with Gasteiger partial charge >= 0.3 is 40.1 Å². The van der Waals surface area contributed by atoms with Crippen LogP contribution in [0.25, 0.3) is 0 Å². The van der Waals surface area contributed by atoms with Gasteiger partial charge in [-0.15, -0.1) is 0 Å². The molecule has 0 rings (SSSR count). The summed E-state index contributed by atoms with van der Waals surface area (Å²) >= 11 is 0.698. The van der Waals surface area contributed by atoms with Gasteiger partial charge in [-0.1, -0.05) is 0 Å². The summed E-state index contributed by atoms with van der Waals surface area (Å²) in [4.78, 5) is 9.75. The Morgan fingerprint density at radius 3 is 1.75 bits per heavy atom. The van der Waals surface area contributed by atoms with Crippen molar-refractivity contribution in [2.75, 3.05) is 0 Å². The van der Waals surface area contributed by atoms with Crippen molar-refractivity contribution in [1.29, 1.82) is 0 Å². The zero-order valence-electron chi connectivity index (χ0n) is 4.69. The maximum absolute atomic E-state index is 9.75. The second-order valence-corrected chi connectivity index (χ2v) is 2.13. The molecule has 0 N–H and O–H groups in total. The molecule has 0 aliphatic carbocycles. The van der Waals surface area contributed by atoms with Crippen molar-refractivity contribution in [3.05, 3.63) is 12.7 Å². The van der Waals surface area contributed by atoms with Gasteiger partial charge in [-0.2, -0.15) is 0 Å². The fourth-order valence-corrected chi connectivity index (χ4v) is 0. The van der Waals surface area contributed by atoms with Gasteiger partial charge in [0.2, 0.25) is 0 Å². The molecule has 0 aromatic carbocycles. The van der Waals surface area contributed by atoms with E-state index in [1.165, 1.54) is 6.08 Å². The van der Waals surface area contributed by atoms with E-state index in [4.69, 9.17) is 0 Å². The van der Waals surface area contributed by atoms with Crippen LogP contribution in [-0.4, -0.2) is 27.4 Å². The molecule has 34 valence electrons. The van der Waals surface area contributed by atoms with Gasteiger partial charge in [-0.25, -0.2) is 0 Å². The molecule has 1 nitrogen and oxygen atoms in total. The summed E-state index contributed by atoms with van der Waals surface area (Å²) < 4.78 is 0.144. The summed E-state index contributed by atoms with van der Waals surface area (Å²) in [7, 11) is 0. The molecule has 0 spiro atoms. The maximum atomic E-state index is 9.75. The van der Waals surface area contributed by atoms with Gasteiger partial charge in [-0.05, 0) is 0 Å². The SMILES string of the molecule is C=C[C](=O)[Zn].[Mg].[Mn].[Zn]. The largest absolute Gasteiger partial charge is 0 e. The molecule has 0 unspecified atom stereocenters. The molecule has 0 saturated carbocycles. The van der Waals surface area contributed by atoms with Gasteiger partial charge in [0.15, 0.2) is 0 Å². The Morgan fingerprint density at radius 1 is 1.62 bits per heavy atom. The summed E-state index contributed by atoms with van der Waals surface area (Å²) in [5.74, 6) is 0. The first-order valence-electron chi connectivity index (χ1n) is 1.25. The summed E-state index contributed by atoms with van der Waals surface area (Å²) in [5.41, 5.74) is 0. The van der Waals surface area contributed by atoms with Crippen molar-refractivity contribution in [2.45, 2.75) is 0 Å². The van der Waals surface area contributed by atoms with Gasteiger partial charge in [0.1, 0.15) is 0 Å². The molecule has 0 atom stereocenters. The van der Waals surface area contributed by atoms with E-state index in [1.807, 2.05) is 0 Å². The van der Waals surface area contributed by atoms with Gasteiger partial charge in [0, 0.05) is 59.6 Å². The van der Waals surface area contributed by atoms with Crippen molar-refractivity contribution in [3.63, 3.8) is 0 Å². The number of carbonyl (C=O) groups excluding carboxylic acids is 1. The zero-order valence-corrected chi connectivity index (χ0v) is 13.2. The topological polar surface area (TPSA) is 17.1 Å². The number of hydrogen-bond acceptors (Lipinski definition) is 1. The summed E-state index contributed by atoms with van der Waals surface area (Å²) in [6.45, 7) is 3.24. The second-order valence-electron chi connectivity index (χ2n) is 0.670. The van der Waals surface area contributed by atoms with Crippen molar-refractivity contribution in [2.24, 2.45) is 0 Å². The molecular formula is C3H3MgMnOZn2. The number of rotatable bonds is 1. The summed E-state index contributed by atoms with van der Waals surface area (Å²) in [6, 6.07) is 0. The average Bonchev–Trinajstić information content (AvgIpc) is 1.38. The summed E-state index contributed by atoms with van der Waals surface area (Å²) in [5, 5.41) is 0. The first-order valence-corrected chi connectivity index (χ1v) is 2.74.